The summed E-state index contributed by atoms with van der Waals surface area (Å²) in [5.41, 5.74) is 0.276. The SMILES string of the molecule is CCOC(=O)[C@H]1C(=O)NC(=O)c2cccn21. The van der Waals surface area contributed by atoms with Crippen LogP contribution in [0, 0.1) is 0 Å². The summed E-state index contributed by atoms with van der Waals surface area (Å²) in [5.74, 6) is -1.83. The van der Waals surface area contributed by atoms with Crippen molar-refractivity contribution < 1.29 is 19.1 Å². The van der Waals surface area contributed by atoms with Crippen molar-refractivity contribution in [1.29, 1.82) is 0 Å². The van der Waals surface area contributed by atoms with Gasteiger partial charge in [-0.05, 0) is 19.1 Å². The maximum absolute atomic E-state index is 11.6. The highest BCUT2D eigenvalue weighted by Gasteiger charge is 2.37. The third-order valence-electron chi connectivity index (χ3n) is 2.28. The smallest absolute Gasteiger partial charge is 0.339 e. The maximum atomic E-state index is 11.6. The summed E-state index contributed by atoms with van der Waals surface area (Å²) < 4.78 is 6.10. The molecular weight excluding hydrogens is 212 g/mol. The predicted molar refractivity (Wildman–Crippen MR) is 52.6 cm³/mol. The molecule has 0 unspecified atom stereocenters. The molecule has 6 nitrogen and oxygen atoms in total. The van der Waals surface area contributed by atoms with Crippen molar-refractivity contribution in [1.82, 2.24) is 9.88 Å². The molecular formula is C10H10N2O4. The summed E-state index contributed by atoms with van der Waals surface area (Å²) in [6.45, 7) is 1.84. The molecule has 2 heterocycles. The molecule has 1 N–H and O–H groups in total. The average molecular weight is 222 g/mol. The number of aromatic nitrogens is 1. The molecule has 84 valence electrons. The molecule has 0 saturated carbocycles. The first-order chi connectivity index (χ1) is 7.65. The molecule has 6 heteroatoms. The molecule has 2 rings (SSSR count). The lowest BCUT2D eigenvalue weighted by Crippen LogP contribution is -2.47. The van der Waals surface area contributed by atoms with Crippen LogP contribution < -0.4 is 5.32 Å². The zero-order chi connectivity index (χ0) is 11.7. The van der Waals surface area contributed by atoms with Gasteiger partial charge in [0, 0.05) is 6.20 Å². The Morgan fingerprint density at radius 2 is 2.31 bits per heavy atom. The van der Waals surface area contributed by atoms with Crippen LogP contribution in [-0.2, 0) is 14.3 Å². The van der Waals surface area contributed by atoms with Gasteiger partial charge >= 0.3 is 5.97 Å². The fourth-order valence-corrected chi connectivity index (χ4v) is 1.62. The van der Waals surface area contributed by atoms with Gasteiger partial charge in [-0.15, -0.1) is 0 Å². The van der Waals surface area contributed by atoms with Crippen molar-refractivity contribution in [2.24, 2.45) is 0 Å². The number of carbonyl (C=O) groups excluding carboxylic acids is 3. The predicted octanol–water partition coefficient (Wildman–Crippen LogP) is -0.138. The van der Waals surface area contributed by atoms with E-state index in [9.17, 15) is 14.4 Å². The van der Waals surface area contributed by atoms with Gasteiger partial charge in [-0.2, -0.15) is 0 Å². The molecule has 0 aromatic carbocycles. The van der Waals surface area contributed by atoms with Gasteiger partial charge in [0.25, 0.3) is 11.8 Å². The minimum atomic E-state index is -1.11. The maximum Gasteiger partial charge on any atom is 0.339 e. The number of carbonyl (C=O) groups is 3. The summed E-state index contributed by atoms with van der Waals surface area (Å²) >= 11 is 0. The molecule has 0 spiro atoms. The number of rotatable bonds is 2. The zero-order valence-electron chi connectivity index (χ0n) is 8.60. The first-order valence-electron chi connectivity index (χ1n) is 4.83. The van der Waals surface area contributed by atoms with E-state index >= 15 is 0 Å². The van der Waals surface area contributed by atoms with E-state index in [4.69, 9.17) is 4.74 Å². The van der Waals surface area contributed by atoms with E-state index in [1.807, 2.05) is 0 Å². The lowest BCUT2D eigenvalue weighted by molar-refractivity contribution is -0.151. The molecule has 2 amide bonds. The van der Waals surface area contributed by atoms with Gasteiger partial charge in [0.05, 0.1) is 6.61 Å². The van der Waals surface area contributed by atoms with E-state index in [1.165, 1.54) is 16.8 Å². The quantitative estimate of drug-likeness (QED) is 0.429. The highest BCUT2D eigenvalue weighted by molar-refractivity contribution is 6.13. The summed E-state index contributed by atoms with van der Waals surface area (Å²) in [4.78, 5) is 34.5. The number of esters is 1. The molecule has 16 heavy (non-hydrogen) atoms. The molecule has 0 aliphatic carbocycles. The second-order valence-electron chi connectivity index (χ2n) is 3.27. The number of ether oxygens (including phenoxy) is 1. The van der Waals surface area contributed by atoms with Crippen LogP contribution in [0.5, 0.6) is 0 Å². The molecule has 1 aliphatic rings. The van der Waals surface area contributed by atoms with Crippen molar-refractivity contribution in [3.63, 3.8) is 0 Å². The van der Waals surface area contributed by atoms with Gasteiger partial charge < -0.3 is 9.30 Å². The van der Waals surface area contributed by atoms with E-state index in [0.29, 0.717) is 0 Å². The number of hydrogen-bond acceptors (Lipinski definition) is 4. The first-order valence-corrected chi connectivity index (χ1v) is 4.83. The minimum absolute atomic E-state index is 0.188. The summed E-state index contributed by atoms with van der Waals surface area (Å²) in [5, 5.41) is 2.11. The van der Waals surface area contributed by atoms with E-state index in [0.717, 1.165) is 0 Å². The Morgan fingerprint density at radius 3 is 3.00 bits per heavy atom. The Balaban J connectivity index is 2.40. The van der Waals surface area contributed by atoms with Crippen molar-refractivity contribution in [2.75, 3.05) is 6.61 Å². The molecule has 0 radical (unpaired) electrons. The fraction of sp³-hybridized carbons (Fsp3) is 0.300. The number of nitrogens with one attached hydrogen (secondary N) is 1. The second kappa shape index (κ2) is 3.80. The largest absolute Gasteiger partial charge is 0.464 e. The Labute approximate surface area is 91.2 Å². The first kappa shape index (κ1) is 10.4. The van der Waals surface area contributed by atoms with Gasteiger partial charge in [0.2, 0.25) is 6.04 Å². The van der Waals surface area contributed by atoms with Crippen LogP contribution >= 0.6 is 0 Å². The van der Waals surface area contributed by atoms with Crippen LogP contribution in [0.1, 0.15) is 23.5 Å². The van der Waals surface area contributed by atoms with Crippen LogP contribution in [0.3, 0.4) is 0 Å². The molecule has 1 atom stereocenters. The van der Waals surface area contributed by atoms with Crippen molar-refractivity contribution in [2.45, 2.75) is 13.0 Å². The minimum Gasteiger partial charge on any atom is -0.464 e. The molecule has 0 bridgehead atoms. The third-order valence-corrected chi connectivity index (χ3v) is 2.28. The molecule has 1 aromatic rings. The number of imide groups is 1. The fourth-order valence-electron chi connectivity index (χ4n) is 1.62. The van der Waals surface area contributed by atoms with Gasteiger partial charge in [0.1, 0.15) is 5.69 Å². The highest BCUT2D eigenvalue weighted by Crippen LogP contribution is 2.18. The van der Waals surface area contributed by atoms with E-state index in [1.54, 1.807) is 13.0 Å². The second-order valence-corrected chi connectivity index (χ2v) is 3.27. The molecule has 0 fully saturated rings. The van der Waals surface area contributed by atoms with Crippen LogP contribution in [0.25, 0.3) is 0 Å². The Hall–Kier alpha value is -2.11. The molecule has 1 aromatic heterocycles. The lowest BCUT2D eigenvalue weighted by Gasteiger charge is -2.22. The number of nitrogens with zero attached hydrogens (tertiary/aromatic N) is 1. The van der Waals surface area contributed by atoms with Gasteiger partial charge in [-0.1, -0.05) is 0 Å². The van der Waals surface area contributed by atoms with Gasteiger partial charge in [-0.3, -0.25) is 14.9 Å². The normalized spacial score (nSPS) is 18.9. The number of hydrogen-bond donors (Lipinski definition) is 1. The van der Waals surface area contributed by atoms with E-state index in [2.05, 4.69) is 5.32 Å². The van der Waals surface area contributed by atoms with E-state index < -0.39 is 23.8 Å². The van der Waals surface area contributed by atoms with Crippen LogP contribution in [0.4, 0.5) is 0 Å². The van der Waals surface area contributed by atoms with Crippen molar-refractivity contribution >= 4 is 17.8 Å². The summed E-state index contributed by atoms with van der Waals surface area (Å²) in [6, 6.07) is 2.02. The van der Waals surface area contributed by atoms with Crippen molar-refractivity contribution in [3.05, 3.63) is 24.0 Å². The third kappa shape index (κ3) is 1.48. The lowest BCUT2D eigenvalue weighted by atomic mass is 10.2. The molecule has 0 saturated heterocycles. The van der Waals surface area contributed by atoms with Crippen LogP contribution in [-0.4, -0.2) is 29.0 Å². The topological polar surface area (TPSA) is 77.4 Å². The Bertz CT molecular complexity index is 463. The van der Waals surface area contributed by atoms with Crippen LogP contribution in [0.2, 0.25) is 0 Å². The average Bonchev–Trinajstić information content (AvgIpc) is 2.66. The van der Waals surface area contributed by atoms with Gasteiger partial charge in [-0.25, -0.2) is 4.79 Å². The van der Waals surface area contributed by atoms with Crippen molar-refractivity contribution in [3.8, 4) is 0 Å². The van der Waals surface area contributed by atoms with Gasteiger partial charge in [0.15, 0.2) is 0 Å². The Morgan fingerprint density at radius 1 is 1.56 bits per heavy atom. The molecule has 1 aliphatic heterocycles. The number of fused-ring (bicyclic) bond motifs is 1. The zero-order valence-corrected chi connectivity index (χ0v) is 8.60. The standard InChI is InChI=1S/C10H10N2O4/c1-2-16-10(15)7-9(14)11-8(13)6-4-3-5-12(6)7/h3-5,7H,2H2,1H3,(H,11,13,14)/t7-/m1/s1. The summed E-state index contributed by atoms with van der Waals surface area (Å²) in [7, 11) is 0. The van der Waals surface area contributed by atoms with Crippen LogP contribution in [0.15, 0.2) is 18.3 Å². The highest BCUT2D eigenvalue weighted by atomic mass is 16.5. The summed E-state index contributed by atoms with van der Waals surface area (Å²) in [6.07, 6.45) is 1.51. The monoisotopic (exact) mass is 222 g/mol. The Kier molecular flexibility index (Phi) is 2.47. The number of amides is 2. The van der Waals surface area contributed by atoms with E-state index in [-0.39, 0.29) is 12.3 Å².